The maximum atomic E-state index is 12.7. The molecule has 1 N–H and O–H groups in total. The second-order valence-corrected chi connectivity index (χ2v) is 8.51. The van der Waals surface area contributed by atoms with Crippen molar-refractivity contribution in [1.82, 2.24) is 15.1 Å². The highest BCUT2D eigenvalue weighted by molar-refractivity contribution is 6.30. The van der Waals surface area contributed by atoms with Crippen LogP contribution in [0.15, 0.2) is 24.3 Å². The Kier molecular flexibility index (Phi) is 5.33. The van der Waals surface area contributed by atoms with Crippen LogP contribution in [0.4, 0.5) is 10.5 Å². The van der Waals surface area contributed by atoms with E-state index in [2.05, 4.69) is 5.32 Å². The molecule has 0 bridgehead atoms. The predicted octanol–water partition coefficient (Wildman–Crippen LogP) is 2.45. The molecule has 7 nitrogen and oxygen atoms in total. The second kappa shape index (κ2) is 7.38. The smallest absolute Gasteiger partial charge is 0.318 e. The highest BCUT2D eigenvalue weighted by Gasteiger charge is 2.38. The highest BCUT2D eigenvalue weighted by Crippen LogP contribution is 2.28. The zero-order valence-corrected chi connectivity index (χ0v) is 16.6. The van der Waals surface area contributed by atoms with Crippen molar-refractivity contribution in [3.05, 3.63) is 29.3 Å². The van der Waals surface area contributed by atoms with Crippen molar-refractivity contribution in [3.63, 3.8) is 0 Å². The summed E-state index contributed by atoms with van der Waals surface area (Å²) in [5.74, 6) is -0.376. The molecule has 2 fully saturated rings. The molecule has 8 heteroatoms. The van der Waals surface area contributed by atoms with Gasteiger partial charge in [0, 0.05) is 22.3 Å². The van der Waals surface area contributed by atoms with Gasteiger partial charge in [-0.15, -0.1) is 0 Å². The van der Waals surface area contributed by atoms with E-state index in [1.807, 2.05) is 20.8 Å². The Labute approximate surface area is 164 Å². The first kappa shape index (κ1) is 19.5. The minimum atomic E-state index is -0.373. The van der Waals surface area contributed by atoms with E-state index in [-0.39, 0.29) is 49.2 Å². The molecule has 0 atom stereocenters. The molecule has 1 saturated carbocycles. The number of halogens is 1. The molecular weight excluding hydrogens is 368 g/mol. The molecule has 146 valence electrons. The quantitative estimate of drug-likeness (QED) is 0.855. The lowest BCUT2D eigenvalue weighted by Crippen LogP contribution is -2.52. The van der Waals surface area contributed by atoms with Gasteiger partial charge in [0.05, 0.1) is 0 Å². The zero-order valence-electron chi connectivity index (χ0n) is 15.9. The van der Waals surface area contributed by atoms with E-state index in [9.17, 15) is 14.4 Å². The third kappa shape index (κ3) is 4.91. The summed E-state index contributed by atoms with van der Waals surface area (Å²) >= 11 is 5.89. The standard InChI is InChI=1S/C19H25ClN4O3/c1-19(2,3)21-18(27)23(14-8-9-14)11-16(25)22-10-17(26)24(12-22)15-6-4-13(20)5-7-15/h4-7,14H,8-12H2,1-3H3,(H,21,27). The van der Waals surface area contributed by atoms with Gasteiger partial charge >= 0.3 is 6.03 Å². The number of nitrogens with zero attached hydrogens (tertiary/aromatic N) is 3. The average molecular weight is 393 g/mol. The van der Waals surface area contributed by atoms with Crippen molar-refractivity contribution in [3.8, 4) is 0 Å². The fraction of sp³-hybridized carbons (Fsp3) is 0.526. The third-order valence-electron chi connectivity index (χ3n) is 4.47. The first-order valence-electron chi connectivity index (χ1n) is 9.06. The van der Waals surface area contributed by atoms with Gasteiger partial charge in [-0.1, -0.05) is 11.6 Å². The van der Waals surface area contributed by atoms with Crippen LogP contribution in [-0.2, 0) is 9.59 Å². The molecule has 1 aromatic carbocycles. The largest absolute Gasteiger partial charge is 0.333 e. The van der Waals surface area contributed by atoms with Gasteiger partial charge in [0.2, 0.25) is 11.8 Å². The summed E-state index contributed by atoms with van der Waals surface area (Å²) in [7, 11) is 0. The molecule has 0 aromatic heterocycles. The average Bonchev–Trinajstić information content (AvgIpc) is 3.33. The lowest BCUT2D eigenvalue weighted by atomic mass is 10.1. The number of hydrogen-bond acceptors (Lipinski definition) is 3. The van der Waals surface area contributed by atoms with E-state index < -0.39 is 0 Å². The van der Waals surface area contributed by atoms with Gasteiger partial charge in [0.15, 0.2) is 0 Å². The van der Waals surface area contributed by atoms with Crippen LogP contribution in [0.1, 0.15) is 33.6 Å². The summed E-state index contributed by atoms with van der Waals surface area (Å²) in [6, 6.07) is 6.78. The van der Waals surface area contributed by atoms with Gasteiger partial charge in [-0.25, -0.2) is 4.79 Å². The number of carbonyl (C=O) groups is 3. The molecule has 1 aliphatic heterocycles. The highest BCUT2D eigenvalue weighted by atomic mass is 35.5. The first-order valence-corrected chi connectivity index (χ1v) is 9.44. The summed E-state index contributed by atoms with van der Waals surface area (Å²) in [6.45, 7) is 5.89. The van der Waals surface area contributed by atoms with Crippen molar-refractivity contribution in [2.24, 2.45) is 0 Å². The number of rotatable bonds is 4. The fourth-order valence-corrected chi connectivity index (χ4v) is 3.08. The molecule has 1 saturated heterocycles. The normalized spacial score (nSPS) is 17.3. The summed E-state index contributed by atoms with van der Waals surface area (Å²) in [5, 5.41) is 3.50. The van der Waals surface area contributed by atoms with Gasteiger partial charge < -0.3 is 15.1 Å². The van der Waals surface area contributed by atoms with Gasteiger partial charge in [-0.2, -0.15) is 0 Å². The Morgan fingerprint density at radius 2 is 1.85 bits per heavy atom. The van der Waals surface area contributed by atoms with Crippen LogP contribution in [0.2, 0.25) is 5.02 Å². The lowest BCUT2D eigenvalue weighted by molar-refractivity contribution is -0.132. The first-order chi connectivity index (χ1) is 12.6. The number of anilines is 1. The van der Waals surface area contributed by atoms with Crippen LogP contribution in [0.5, 0.6) is 0 Å². The Balaban J connectivity index is 1.64. The Morgan fingerprint density at radius 3 is 2.41 bits per heavy atom. The van der Waals surface area contributed by atoms with Crippen LogP contribution in [0, 0.1) is 0 Å². The molecule has 27 heavy (non-hydrogen) atoms. The minimum absolute atomic E-state index is 0.0147. The van der Waals surface area contributed by atoms with Crippen LogP contribution in [-0.4, -0.2) is 59.0 Å². The Bertz CT molecular complexity index is 740. The summed E-state index contributed by atoms with van der Waals surface area (Å²) in [6.07, 6.45) is 1.81. The van der Waals surface area contributed by atoms with Gasteiger partial charge in [-0.3, -0.25) is 14.5 Å². The Hall–Kier alpha value is -2.28. The van der Waals surface area contributed by atoms with E-state index >= 15 is 0 Å². The van der Waals surface area contributed by atoms with Crippen molar-refractivity contribution in [2.75, 3.05) is 24.7 Å². The molecule has 3 rings (SSSR count). The van der Waals surface area contributed by atoms with E-state index in [1.54, 1.807) is 34.1 Å². The summed E-state index contributed by atoms with van der Waals surface area (Å²) in [5.41, 5.74) is 0.326. The molecule has 4 amide bonds. The Morgan fingerprint density at radius 1 is 1.22 bits per heavy atom. The van der Waals surface area contributed by atoms with Crippen LogP contribution < -0.4 is 10.2 Å². The number of urea groups is 1. The number of benzene rings is 1. The number of carbonyl (C=O) groups excluding carboxylic acids is 3. The molecule has 2 aliphatic rings. The maximum Gasteiger partial charge on any atom is 0.318 e. The molecule has 0 radical (unpaired) electrons. The van der Waals surface area contributed by atoms with E-state index in [0.717, 1.165) is 12.8 Å². The molecule has 1 aliphatic carbocycles. The molecule has 1 heterocycles. The van der Waals surface area contributed by atoms with Crippen LogP contribution in [0.25, 0.3) is 0 Å². The van der Waals surface area contributed by atoms with Gasteiger partial charge in [0.1, 0.15) is 19.8 Å². The van der Waals surface area contributed by atoms with Gasteiger partial charge in [-0.05, 0) is 57.9 Å². The van der Waals surface area contributed by atoms with E-state index in [0.29, 0.717) is 10.7 Å². The number of nitrogens with one attached hydrogen (secondary N) is 1. The zero-order chi connectivity index (χ0) is 19.8. The summed E-state index contributed by atoms with van der Waals surface area (Å²) < 4.78 is 0. The monoisotopic (exact) mass is 392 g/mol. The SMILES string of the molecule is CC(C)(C)NC(=O)N(CC(=O)N1CC(=O)N(c2ccc(Cl)cc2)C1)C1CC1. The fourth-order valence-electron chi connectivity index (χ4n) is 2.95. The third-order valence-corrected chi connectivity index (χ3v) is 4.72. The maximum absolute atomic E-state index is 12.7. The van der Waals surface area contributed by atoms with Crippen molar-refractivity contribution in [2.45, 2.75) is 45.2 Å². The second-order valence-electron chi connectivity index (χ2n) is 8.07. The lowest BCUT2D eigenvalue weighted by Gasteiger charge is -2.29. The molecule has 0 unspecified atom stereocenters. The van der Waals surface area contributed by atoms with Crippen molar-refractivity contribution < 1.29 is 14.4 Å². The van der Waals surface area contributed by atoms with E-state index in [1.165, 1.54) is 4.90 Å². The summed E-state index contributed by atoms with van der Waals surface area (Å²) in [4.78, 5) is 42.2. The molecule has 1 aromatic rings. The van der Waals surface area contributed by atoms with E-state index in [4.69, 9.17) is 11.6 Å². The number of hydrogen-bond donors (Lipinski definition) is 1. The minimum Gasteiger partial charge on any atom is -0.333 e. The van der Waals surface area contributed by atoms with Crippen LogP contribution >= 0.6 is 11.6 Å². The molecular formula is C19H25ClN4O3. The molecule has 0 spiro atoms. The van der Waals surface area contributed by atoms with Crippen molar-refractivity contribution in [1.29, 1.82) is 0 Å². The topological polar surface area (TPSA) is 73.0 Å². The number of amides is 4. The predicted molar refractivity (Wildman–Crippen MR) is 104 cm³/mol. The van der Waals surface area contributed by atoms with Crippen LogP contribution in [0.3, 0.4) is 0 Å². The van der Waals surface area contributed by atoms with Crippen molar-refractivity contribution >= 4 is 35.1 Å². The van der Waals surface area contributed by atoms with Gasteiger partial charge in [0.25, 0.3) is 0 Å².